The molecule has 0 amide bonds. The smallest absolute Gasteiger partial charge is 0.135 e. The van der Waals surface area contributed by atoms with E-state index in [0.29, 0.717) is 0 Å². The van der Waals surface area contributed by atoms with E-state index in [1.165, 1.54) is 44.3 Å². The van der Waals surface area contributed by atoms with E-state index in [1.54, 1.807) is 0 Å². The minimum Gasteiger partial charge on any atom is -0.456 e. The molecular formula is C52H35NO. The fraction of sp³-hybridized carbons (Fsp3) is 0. The number of benzene rings is 9. The highest BCUT2D eigenvalue weighted by molar-refractivity contribution is 6.10. The third-order valence-electron chi connectivity index (χ3n) is 10.5. The van der Waals surface area contributed by atoms with Crippen molar-refractivity contribution in [2.75, 3.05) is 4.90 Å². The average Bonchev–Trinajstić information content (AvgIpc) is 3.25. The monoisotopic (exact) mass is 689 g/mol. The number of nitrogens with zero attached hydrogens (tertiary/aromatic N) is 1. The second kappa shape index (κ2) is 13.4. The van der Waals surface area contributed by atoms with Crippen molar-refractivity contribution in [2.45, 2.75) is 0 Å². The molecule has 0 aliphatic carbocycles. The zero-order valence-electron chi connectivity index (χ0n) is 29.6. The SMILES string of the molecule is c1ccc(-c2ccc(N(c3ccc(-c4ccccc4)cc3)c3ccc(-c4ccc5c(c4)Oc4ccc(-c6ccccc6)c6cccc-5c46)cc3)cc2)cc1. The van der Waals surface area contributed by atoms with E-state index < -0.39 is 0 Å². The molecule has 0 radical (unpaired) electrons. The Balaban J connectivity index is 0.994. The van der Waals surface area contributed by atoms with E-state index in [9.17, 15) is 0 Å². The first-order valence-corrected chi connectivity index (χ1v) is 18.4. The molecule has 9 aromatic rings. The van der Waals surface area contributed by atoms with Crippen molar-refractivity contribution in [3.63, 3.8) is 0 Å². The summed E-state index contributed by atoms with van der Waals surface area (Å²) in [7, 11) is 0. The number of ether oxygens (including phenoxy) is 1. The summed E-state index contributed by atoms with van der Waals surface area (Å²) in [5.74, 6) is 1.77. The molecule has 2 heteroatoms. The van der Waals surface area contributed by atoms with E-state index in [2.05, 4.69) is 217 Å². The predicted octanol–water partition coefficient (Wildman–Crippen LogP) is 14.8. The van der Waals surface area contributed by atoms with E-state index in [-0.39, 0.29) is 0 Å². The summed E-state index contributed by atoms with van der Waals surface area (Å²) in [6.45, 7) is 0. The van der Waals surface area contributed by atoms with Crippen molar-refractivity contribution >= 4 is 27.8 Å². The van der Waals surface area contributed by atoms with Crippen LogP contribution >= 0.6 is 0 Å². The van der Waals surface area contributed by atoms with Gasteiger partial charge in [0.1, 0.15) is 11.5 Å². The van der Waals surface area contributed by atoms with E-state index in [0.717, 1.165) is 50.6 Å². The Labute approximate surface area is 315 Å². The fourth-order valence-electron chi connectivity index (χ4n) is 7.80. The van der Waals surface area contributed by atoms with Gasteiger partial charge in [0.05, 0.1) is 0 Å². The lowest BCUT2D eigenvalue weighted by atomic mass is 9.89. The molecule has 0 aromatic heterocycles. The van der Waals surface area contributed by atoms with Gasteiger partial charge in [0.15, 0.2) is 0 Å². The van der Waals surface area contributed by atoms with Crippen molar-refractivity contribution in [3.8, 4) is 67.1 Å². The van der Waals surface area contributed by atoms with Crippen LogP contribution in [0, 0.1) is 0 Å². The van der Waals surface area contributed by atoms with Crippen molar-refractivity contribution in [2.24, 2.45) is 0 Å². The molecule has 0 atom stereocenters. The Morgan fingerprint density at radius 1 is 0.278 bits per heavy atom. The molecule has 254 valence electrons. The molecule has 9 aromatic carbocycles. The zero-order valence-corrected chi connectivity index (χ0v) is 29.6. The molecule has 0 fully saturated rings. The van der Waals surface area contributed by atoms with Crippen LogP contribution in [0.25, 0.3) is 66.4 Å². The minimum atomic E-state index is 0.877. The molecule has 54 heavy (non-hydrogen) atoms. The summed E-state index contributed by atoms with van der Waals surface area (Å²) in [4.78, 5) is 2.32. The molecule has 0 spiro atoms. The van der Waals surface area contributed by atoms with Gasteiger partial charge in [-0.2, -0.15) is 0 Å². The molecule has 0 saturated heterocycles. The van der Waals surface area contributed by atoms with Crippen LogP contribution in [0.1, 0.15) is 0 Å². The number of hydrogen-bond acceptors (Lipinski definition) is 2. The van der Waals surface area contributed by atoms with Crippen LogP contribution in [0.4, 0.5) is 17.1 Å². The summed E-state index contributed by atoms with van der Waals surface area (Å²) >= 11 is 0. The largest absolute Gasteiger partial charge is 0.456 e. The summed E-state index contributed by atoms with van der Waals surface area (Å²) in [6.07, 6.45) is 0. The predicted molar refractivity (Wildman–Crippen MR) is 226 cm³/mol. The molecule has 10 rings (SSSR count). The quantitative estimate of drug-likeness (QED) is 0.165. The first kappa shape index (κ1) is 31.6. The molecular weight excluding hydrogens is 655 g/mol. The molecule has 1 aliphatic rings. The Bertz CT molecular complexity index is 2660. The number of fused-ring (bicyclic) bond motifs is 2. The van der Waals surface area contributed by atoms with Crippen molar-refractivity contribution in [1.82, 2.24) is 0 Å². The maximum Gasteiger partial charge on any atom is 0.135 e. The molecule has 0 saturated carbocycles. The zero-order chi connectivity index (χ0) is 35.8. The Morgan fingerprint density at radius 3 is 1.26 bits per heavy atom. The van der Waals surface area contributed by atoms with Gasteiger partial charge in [-0.25, -0.2) is 0 Å². The summed E-state index contributed by atoms with van der Waals surface area (Å²) in [6, 6.07) is 75.6. The second-order valence-electron chi connectivity index (χ2n) is 13.7. The van der Waals surface area contributed by atoms with Gasteiger partial charge in [0.25, 0.3) is 0 Å². The van der Waals surface area contributed by atoms with Crippen LogP contribution in [-0.4, -0.2) is 0 Å². The van der Waals surface area contributed by atoms with Crippen molar-refractivity contribution < 1.29 is 4.74 Å². The molecule has 1 heterocycles. The average molecular weight is 690 g/mol. The van der Waals surface area contributed by atoms with Gasteiger partial charge in [-0.1, -0.05) is 158 Å². The number of anilines is 3. The highest BCUT2D eigenvalue weighted by atomic mass is 16.5. The molecule has 0 unspecified atom stereocenters. The normalized spacial score (nSPS) is 11.5. The Morgan fingerprint density at radius 2 is 0.722 bits per heavy atom. The first-order chi connectivity index (χ1) is 26.8. The highest BCUT2D eigenvalue weighted by Gasteiger charge is 2.22. The van der Waals surface area contributed by atoms with Gasteiger partial charge in [0, 0.05) is 28.0 Å². The van der Waals surface area contributed by atoms with Gasteiger partial charge < -0.3 is 9.64 Å². The van der Waals surface area contributed by atoms with Crippen LogP contribution in [-0.2, 0) is 0 Å². The van der Waals surface area contributed by atoms with E-state index in [1.807, 2.05) is 0 Å². The maximum absolute atomic E-state index is 6.66. The van der Waals surface area contributed by atoms with E-state index in [4.69, 9.17) is 4.74 Å². The van der Waals surface area contributed by atoms with E-state index >= 15 is 0 Å². The Hall–Kier alpha value is -7.16. The Kier molecular flexibility index (Phi) is 7.85. The van der Waals surface area contributed by atoms with Gasteiger partial charge >= 0.3 is 0 Å². The third kappa shape index (κ3) is 5.71. The lowest BCUT2D eigenvalue weighted by molar-refractivity contribution is 0.487. The first-order valence-electron chi connectivity index (χ1n) is 18.4. The summed E-state index contributed by atoms with van der Waals surface area (Å²) in [5.41, 5.74) is 15.1. The maximum atomic E-state index is 6.66. The topological polar surface area (TPSA) is 12.5 Å². The van der Waals surface area contributed by atoms with Crippen molar-refractivity contribution in [1.29, 1.82) is 0 Å². The summed E-state index contributed by atoms with van der Waals surface area (Å²) < 4.78 is 6.66. The molecule has 0 bridgehead atoms. The third-order valence-corrected chi connectivity index (χ3v) is 10.5. The number of rotatable bonds is 7. The van der Waals surface area contributed by atoms with Gasteiger partial charge in [-0.15, -0.1) is 0 Å². The van der Waals surface area contributed by atoms with Crippen LogP contribution < -0.4 is 9.64 Å². The number of hydrogen-bond donors (Lipinski definition) is 0. The lowest BCUT2D eigenvalue weighted by Gasteiger charge is -2.26. The molecule has 2 nitrogen and oxygen atoms in total. The van der Waals surface area contributed by atoms with Crippen LogP contribution in [0.15, 0.2) is 212 Å². The second-order valence-corrected chi connectivity index (χ2v) is 13.7. The van der Waals surface area contributed by atoms with Crippen LogP contribution in [0.3, 0.4) is 0 Å². The summed E-state index contributed by atoms with van der Waals surface area (Å²) in [5, 5.41) is 2.37. The van der Waals surface area contributed by atoms with Crippen LogP contribution in [0.5, 0.6) is 11.5 Å². The highest BCUT2D eigenvalue weighted by Crippen LogP contribution is 2.49. The fourth-order valence-corrected chi connectivity index (χ4v) is 7.80. The van der Waals surface area contributed by atoms with Gasteiger partial charge in [-0.3, -0.25) is 0 Å². The standard InChI is InChI=1S/C52H35NO/c1-4-11-36(12-5-1)38-19-26-43(27-20-38)53(44-28-21-39(22-29-44)37-13-6-2-7-14-37)45-30-23-40(24-31-45)42-25-32-47-49-18-10-17-48-46(41-15-8-3-9-16-41)33-34-50(52(48)49)54-51(47)35-42/h1-35H. The molecule has 0 N–H and O–H groups in total. The lowest BCUT2D eigenvalue weighted by Crippen LogP contribution is -2.09. The van der Waals surface area contributed by atoms with Gasteiger partial charge in [-0.05, 0) is 110 Å². The molecule has 1 aliphatic heterocycles. The van der Waals surface area contributed by atoms with Gasteiger partial charge in [0.2, 0.25) is 0 Å². The minimum absolute atomic E-state index is 0.877. The van der Waals surface area contributed by atoms with Crippen molar-refractivity contribution in [3.05, 3.63) is 212 Å². The van der Waals surface area contributed by atoms with Crippen LogP contribution in [0.2, 0.25) is 0 Å².